The summed E-state index contributed by atoms with van der Waals surface area (Å²) < 4.78 is 17.0. The minimum Gasteiger partial charge on any atom is -0.493 e. The number of morpholine rings is 1. The van der Waals surface area contributed by atoms with Crippen LogP contribution in [0, 0.1) is 16.7 Å². The topological polar surface area (TPSA) is 72.7 Å². The maximum Gasteiger partial charge on any atom is 0.260 e. The summed E-state index contributed by atoms with van der Waals surface area (Å²) in [4.78, 5) is 14.4. The Morgan fingerprint density at radius 1 is 1.21 bits per heavy atom. The fourth-order valence-electron chi connectivity index (χ4n) is 5.74. The number of rotatable bonds is 6. The number of hydrogen-bond donors (Lipinski definition) is 0. The molecule has 3 aliphatic rings. The molecule has 1 aliphatic heterocycles. The number of ether oxygens (including phenoxy) is 3. The summed E-state index contributed by atoms with van der Waals surface area (Å²) >= 11 is 0. The van der Waals surface area contributed by atoms with E-state index in [0.717, 1.165) is 12.0 Å². The third-order valence-corrected chi connectivity index (χ3v) is 8.21. The van der Waals surface area contributed by atoms with Gasteiger partial charge in [-0.25, -0.2) is 0 Å². The van der Waals surface area contributed by atoms with Crippen molar-refractivity contribution < 1.29 is 19.0 Å². The molecule has 7 heteroatoms. The van der Waals surface area contributed by atoms with Crippen molar-refractivity contribution in [2.45, 2.75) is 66.1 Å². The number of benzene rings is 1. The van der Waals surface area contributed by atoms with Crippen LogP contribution >= 0.6 is 0 Å². The van der Waals surface area contributed by atoms with E-state index in [-0.39, 0.29) is 35.6 Å². The van der Waals surface area contributed by atoms with Gasteiger partial charge >= 0.3 is 0 Å². The molecule has 3 fully saturated rings. The summed E-state index contributed by atoms with van der Waals surface area (Å²) in [6, 6.07) is 5.57. The molecule has 2 saturated carbocycles. The summed E-state index contributed by atoms with van der Waals surface area (Å²) in [5.41, 5.74) is 2.53. The second kappa shape index (κ2) is 9.09. The van der Waals surface area contributed by atoms with Crippen LogP contribution in [0.3, 0.4) is 0 Å². The Labute approximate surface area is 197 Å². The minimum atomic E-state index is -0.0530. The average Bonchev–Trinajstić information content (AvgIpc) is 3.10. The summed E-state index contributed by atoms with van der Waals surface area (Å²) in [7, 11) is 1.59. The predicted octanol–water partition coefficient (Wildman–Crippen LogP) is 4.33. The Morgan fingerprint density at radius 3 is 2.55 bits per heavy atom. The van der Waals surface area contributed by atoms with Gasteiger partial charge in [-0.3, -0.25) is 4.79 Å². The van der Waals surface area contributed by atoms with Crippen molar-refractivity contribution in [1.82, 2.24) is 4.90 Å². The monoisotopic (exact) mass is 455 g/mol. The molecule has 4 atom stereocenters. The number of carbonyl (C=O) groups is 1. The first-order chi connectivity index (χ1) is 15.6. The molecule has 0 unspecified atom stereocenters. The van der Waals surface area contributed by atoms with Crippen molar-refractivity contribution in [1.29, 1.82) is 0 Å². The van der Waals surface area contributed by atoms with Gasteiger partial charge in [-0.2, -0.15) is 10.2 Å². The SMILES string of the molecule is COc1cc(/C=N\N=C2/C[C@@H]3CC[C@]2(C)C3(C)C)ccc1OCC(=O)N1C[C@@H](C)O[C@@H](C)C1. The minimum absolute atomic E-state index is 0.0300. The fraction of sp³-hybridized carbons (Fsp3) is 0.654. The standard InChI is InChI=1S/C26H37N3O4/c1-17-14-29(15-18(2)33-17)24(30)16-32-21-8-7-19(11-22(21)31-6)13-27-28-23-12-20-9-10-26(23,5)25(20,3)4/h7-8,11,13,17-18,20H,9-10,12,14-16H2,1-6H3/b27-13-,28-23+/t17-,18+,20-,26-/m0/s1. The van der Waals surface area contributed by atoms with E-state index in [0.29, 0.717) is 30.5 Å². The van der Waals surface area contributed by atoms with Gasteiger partial charge in [-0.1, -0.05) is 20.8 Å². The molecule has 33 heavy (non-hydrogen) atoms. The zero-order valence-corrected chi connectivity index (χ0v) is 20.8. The van der Waals surface area contributed by atoms with Gasteiger partial charge in [0.1, 0.15) is 0 Å². The molecule has 0 spiro atoms. The van der Waals surface area contributed by atoms with Crippen molar-refractivity contribution in [2.24, 2.45) is 27.0 Å². The summed E-state index contributed by atoms with van der Waals surface area (Å²) in [5, 5.41) is 9.03. The van der Waals surface area contributed by atoms with Crippen molar-refractivity contribution in [3.05, 3.63) is 23.8 Å². The van der Waals surface area contributed by atoms with Crippen LogP contribution in [0.5, 0.6) is 11.5 Å². The Kier molecular flexibility index (Phi) is 6.54. The molecule has 0 aromatic heterocycles. The van der Waals surface area contributed by atoms with E-state index in [9.17, 15) is 4.79 Å². The van der Waals surface area contributed by atoms with Gasteiger partial charge in [0.25, 0.3) is 5.91 Å². The van der Waals surface area contributed by atoms with Crippen LogP contribution in [0.25, 0.3) is 0 Å². The lowest BCUT2D eigenvalue weighted by molar-refractivity contribution is -0.145. The highest BCUT2D eigenvalue weighted by Gasteiger charge is 2.60. The van der Waals surface area contributed by atoms with Crippen molar-refractivity contribution in [3.63, 3.8) is 0 Å². The van der Waals surface area contributed by atoms with E-state index in [4.69, 9.17) is 14.2 Å². The number of hydrogen-bond acceptors (Lipinski definition) is 6. The molecule has 0 radical (unpaired) electrons. The highest BCUT2D eigenvalue weighted by Crippen LogP contribution is 2.64. The van der Waals surface area contributed by atoms with Crippen LogP contribution < -0.4 is 9.47 Å². The summed E-state index contributed by atoms with van der Waals surface area (Å²) in [5.74, 6) is 1.75. The van der Waals surface area contributed by atoms with Crippen LogP contribution in [-0.4, -0.2) is 61.7 Å². The first-order valence-electron chi connectivity index (χ1n) is 12.0. The van der Waals surface area contributed by atoms with Crippen LogP contribution in [0.4, 0.5) is 0 Å². The van der Waals surface area contributed by atoms with E-state index >= 15 is 0 Å². The zero-order chi connectivity index (χ0) is 23.8. The molecule has 2 bridgehead atoms. The average molecular weight is 456 g/mol. The first kappa shape index (κ1) is 23.7. The predicted molar refractivity (Wildman–Crippen MR) is 129 cm³/mol. The zero-order valence-electron chi connectivity index (χ0n) is 20.8. The smallest absolute Gasteiger partial charge is 0.260 e. The van der Waals surface area contributed by atoms with Crippen LogP contribution in [0.2, 0.25) is 0 Å². The molecule has 1 saturated heterocycles. The van der Waals surface area contributed by atoms with E-state index in [1.807, 2.05) is 32.0 Å². The molecule has 1 aromatic rings. The molecule has 1 aromatic carbocycles. The van der Waals surface area contributed by atoms with Gasteiger partial charge in [0.15, 0.2) is 18.1 Å². The molecule has 180 valence electrons. The summed E-state index contributed by atoms with van der Waals surface area (Å²) in [6.07, 6.45) is 5.34. The Morgan fingerprint density at radius 2 is 1.94 bits per heavy atom. The normalized spacial score (nSPS) is 32.0. The van der Waals surface area contributed by atoms with E-state index in [1.54, 1.807) is 18.2 Å². The second-order valence-electron chi connectivity index (χ2n) is 10.5. The van der Waals surface area contributed by atoms with Crippen molar-refractivity contribution >= 4 is 17.8 Å². The van der Waals surface area contributed by atoms with E-state index < -0.39 is 0 Å². The molecule has 1 amide bonds. The quantitative estimate of drug-likeness (QED) is 0.473. The van der Waals surface area contributed by atoms with Crippen molar-refractivity contribution in [2.75, 3.05) is 26.8 Å². The third-order valence-electron chi connectivity index (χ3n) is 8.21. The Hall–Kier alpha value is -2.41. The van der Waals surface area contributed by atoms with Crippen LogP contribution in [0.15, 0.2) is 28.4 Å². The lowest BCUT2D eigenvalue weighted by Crippen LogP contribution is -2.49. The second-order valence-corrected chi connectivity index (χ2v) is 10.5. The fourth-order valence-corrected chi connectivity index (χ4v) is 5.74. The molecule has 1 heterocycles. The highest BCUT2D eigenvalue weighted by molar-refractivity contribution is 5.94. The lowest BCUT2D eigenvalue weighted by Gasteiger charge is -2.35. The third kappa shape index (κ3) is 4.52. The maximum absolute atomic E-state index is 12.6. The molecule has 7 nitrogen and oxygen atoms in total. The van der Waals surface area contributed by atoms with Crippen molar-refractivity contribution in [3.8, 4) is 11.5 Å². The lowest BCUT2D eigenvalue weighted by atomic mass is 9.70. The van der Waals surface area contributed by atoms with Gasteiger partial charge in [0.05, 0.1) is 25.5 Å². The summed E-state index contributed by atoms with van der Waals surface area (Å²) in [6.45, 7) is 12.1. The number of fused-ring (bicyclic) bond motifs is 2. The molecule has 4 rings (SSSR count). The van der Waals surface area contributed by atoms with Crippen LogP contribution in [0.1, 0.15) is 59.4 Å². The van der Waals surface area contributed by atoms with Gasteiger partial charge in [-0.15, -0.1) is 0 Å². The Bertz CT molecular complexity index is 947. The molecular weight excluding hydrogens is 418 g/mol. The number of carbonyl (C=O) groups excluding carboxylic acids is 1. The molecular formula is C26H37N3O4. The number of nitrogens with zero attached hydrogens (tertiary/aromatic N) is 3. The first-order valence-corrected chi connectivity index (χ1v) is 12.0. The number of amides is 1. The van der Waals surface area contributed by atoms with Gasteiger partial charge in [0.2, 0.25) is 0 Å². The maximum atomic E-state index is 12.6. The van der Waals surface area contributed by atoms with Gasteiger partial charge in [-0.05, 0) is 68.2 Å². The molecule has 2 aliphatic carbocycles. The van der Waals surface area contributed by atoms with E-state index in [1.165, 1.54) is 18.6 Å². The number of methoxy groups -OCH3 is 1. The van der Waals surface area contributed by atoms with Crippen LogP contribution in [-0.2, 0) is 9.53 Å². The molecule has 0 N–H and O–H groups in total. The largest absolute Gasteiger partial charge is 0.493 e. The van der Waals surface area contributed by atoms with Gasteiger partial charge in [0, 0.05) is 24.2 Å². The van der Waals surface area contributed by atoms with E-state index in [2.05, 4.69) is 31.0 Å². The Balaban J connectivity index is 1.39. The highest BCUT2D eigenvalue weighted by atomic mass is 16.5. The van der Waals surface area contributed by atoms with Gasteiger partial charge < -0.3 is 19.1 Å².